The monoisotopic (exact) mass is 280 g/mol. The molecule has 1 saturated heterocycles. The number of aliphatic hydroxyl groups is 1. The topological polar surface area (TPSA) is 44.7 Å². The zero-order valence-electron chi connectivity index (χ0n) is 11.1. The Hall–Kier alpha value is -1.33. The molecule has 0 unspecified atom stereocenters. The van der Waals surface area contributed by atoms with Gasteiger partial charge in [-0.3, -0.25) is 0 Å². The van der Waals surface area contributed by atoms with Gasteiger partial charge in [0.2, 0.25) is 0 Å². The van der Waals surface area contributed by atoms with E-state index in [1.165, 1.54) is 0 Å². The molecule has 0 radical (unpaired) electrons. The quantitative estimate of drug-likeness (QED) is 0.831. The van der Waals surface area contributed by atoms with Crippen LogP contribution in [0.25, 0.3) is 0 Å². The number of ether oxygens (including phenoxy) is 1. The van der Waals surface area contributed by atoms with Gasteiger partial charge in [-0.25, -0.2) is 0 Å². The molecule has 1 aromatic rings. The molecule has 1 atom stereocenters. The van der Waals surface area contributed by atoms with E-state index in [1.807, 2.05) is 36.1 Å². The Morgan fingerprint density at radius 1 is 1.47 bits per heavy atom. The minimum atomic E-state index is -0.270. The standard InChI is InChI=1S/C14H20N2O2S/c1-2-18-13-7-5-11(6-8-13)15-14(19)16-9-3-4-12(17)10-16/h5-8,12,17H,2-4,9-10H2,1H3,(H,15,19)/t12-/m0/s1. The SMILES string of the molecule is CCOc1ccc(NC(=S)N2CCC[C@H](O)C2)cc1. The van der Waals surface area contributed by atoms with E-state index in [1.54, 1.807) is 0 Å². The van der Waals surface area contributed by atoms with Crippen molar-refractivity contribution in [3.63, 3.8) is 0 Å². The highest BCUT2D eigenvalue weighted by atomic mass is 32.1. The summed E-state index contributed by atoms with van der Waals surface area (Å²) in [5, 5.41) is 13.5. The van der Waals surface area contributed by atoms with Crippen molar-refractivity contribution < 1.29 is 9.84 Å². The van der Waals surface area contributed by atoms with Gasteiger partial charge in [0.1, 0.15) is 5.75 Å². The van der Waals surface area contributed by atoms with Gasteiger partial charge in [0.05, 0.1) is 12.7 Å². The zero-order valence-corrected chi connectivity index (χ0v) is 11.9. The van der Waals surface area contributed by atoms with Gasteiger partial charge in [-0.15, -0.1) is 0 Å². The van der Waals surface area contributed by atoms with Crippen LogP contribution in [0.3, 0.4) is 0 Å². The molecule has 1 aromatic carbocycles. The second-order valence-electron chi connectivity index (χ2n) is 4.63. The second-order valence-corrected chi connectivity index (χ2v) is 5.02. The fourth-order valence-electron chi connectivity index (χ4n) is 2.14. The lowest BCUT2D eigenvalue weighted by Gasteiger charge is -2.32. The average Bonchev–Trinajstić information content (AvgIpc) is 2.41. The molecule has 0 saturated carbocycles. The number of aliphatic hydroxyl groups excluding tert-OH is 1. The molecule has 1 aliphatic rings. The number of hydrogen-bond donors (Lipinski definition) is 2. The first-order valence-corrected chi connectivity index (χ1v) is 7.06. The molecule has 1 aliphatic heterocycles. The molecule has 104 valence electrons. The number of likely N-dealkylation sites (tertiary alicyclic amines) is 1. The maximum absolute atomic E-state index is 9.64. The maximum Gasteiger partial charge on any atom is 0.173 e. The van der Waals surface area contributed by atoms with Gasteiger partial charge in [0.15, 0.2) is 5.11 Å². The van der Waals surface area contributed by atoms with E-state index in [-0.39, 0.29) is 6.10 Å². The average molecular weight is 280 g/mol. The summed E-state index contributed by atoms with van der Waals surface area (Å²) < 4.78 is 5.39. The van der Waals surface area contributed by atoms with Crippen molar-refractivity contribution in [1.29, 1.82) is 0 Å². The van der Waals surface area contributed by atoms with Gasteiger partial charge in [-0.1, -0.05) is 0 Å². The van der Waals surface area contributed by atoms with E-state index < -0.39 is 0 Å². The van der Waals surface area contributed by atoms with Crippen LogP contribution in [-0.2, 0) is 0 Å². The minimum absolute atomic E-state index is 0.270. The number of β-amino-alcohol motifs (C(OH)–C–C–N with tert-alkyl or cyclic N) is 1. The molecular weight excluding hydrogens is 260 g/mol. The molecule has 19 heavy (non-hydrogen) atoms. The molecule has 0 amide bonds. The molecule has 1 heterocycles. The smallest absolute Gasteiger partial charge is 0.173 e. The number of nitrogens with zero attached hydrogens (tertiary/aromatic N) is 1. The molecule has 2 rings (SSSR count). The summed E-state index contributed by atoms with van der Waals surface area (Å²) >= 11 is 5.37. The van der Waals surface area contributed by atoms with E-state index in [0.717, 1.165) is 30.8 Å². The number of piperidine rings is 1. The lowest BCUT2D eigenvalue weighted by molar-refractivity contribution is 0.104. The second kappa shape index (κ2) is 6.73. The summed E-state index contributed by atoms with van der Waals surface area (Å²) in [4.78, 5) is 2.01. The number of rotatable bonds is 3. The highest BCUT2D eigenvalue weighted by molar-refractivity contribution is 7.80. The summed E-state index contributed by atoms with van der Waals surface area (Å²) in [6, 6.07) is 7.72. The molecule has 5 heteroatoms. The third kappa shape index (κ3) is 4.08. The van der Waals surface area contributed by atoms with Crippen LogP contribution < -0.4 is 10.1 Å². The van der Waals surface area contributed by atoms with E-state index in [2.05, 4.69) is 5.32 Å². The zero-order chi connectivity index (χ0) is 13.7. The van der Waals surface area contributed by atoms with E-state index >= 15 is 0 Å². The molecule has 2 N–H and O–H groups in total. The Balaban J connectivity index is 1.90. The first-order chi connectivity index (χ1) is 9.19. The Bertz CT molecular complexity index is 422. The minimum Gasteiger partial charge on any atom is -0.494 e. The third-order valence-corrected chi connectivity index (χ3v) is 3.46. The highest BCUT2D eigenvalue weighted by Crippen LogP contribution is 2.17. The molecular formula is C14H20N2O2S. The van der Waals surface area contributed by atoms with Crippen molar-refractivity contribution >= 4 is 23.0 Å². The van der Waals surface area contributed by atoms with Gasteiger partial charge in [-0.2, -0.15) is 0 Å². The Morgan fingerprint density at radius 2 is 2.21 bits per heavy atom. The first-order valence-electron chi connectivity index (χ1n) is 6.66. The van der Waals surface area contributed by atoms with Crippen molar-refractivity contribution in [2.75, 3.05) is 25.0 Å². The summed E-state index contributed by atoms with van der Waals surface area (Å²) in [6.45, 7) is 4.14. The number of nitrogens with one attached hydrogen (secondary N) is 1. The predicted octanol–water partition coefficient (Wildman–Crippen LogP) is 2.24. The number of thiocarbonyl (C=S) groups is 1. The summed E-state index contributed by atoms with van der Waals surface area (Å²) in [7, 11) is 0. The Morgan fingerprint density at radius 3 is 2.84 bits per heavy atom. The molecule has 1 fully saturated rings. The molecule has 4 nitrogen and oxygen atoms in total. The summed E-state index contributed by atoms with van der Waals surface area (Å²) in [6.07, 6.45) is 1.57. The fraction of sp³-hybridized carbons (Fsp3) is 0.500. The van der Waals surface area contributed by atoms with Crippen LogP contribution >= 0.6 is 12.2 Å². The molecule has 0 aliphatic carbocycles. The van der Waals surface area contributed by atoms with Gasteiger partial charge in [-0.05, 0) is 56.2 Å². The van der Waals surface area contributed by atoms with E-state index in [0.29, 0.717) is 18.3 Å². The molecule has 0 spiro atoms. The van der Waals surface area contributed by atoms with Crippen molar-refractivity contribution in [3.05, 3.63) is 24.3 Å². The lowest BCUT2D eigenvalue weighted by atomic mass is 10.1. The Kier molecular flexibility index (Phi) is 4.99. The molecule has 0 bridgehead atoms. The summed E-state index contributed by atoms with van der Waals surface area (Å²) in [5.74, 6) is 0.854. The van der Waals surface area contributed by atoms with Crippen LogP contribution in [0, 0.1) is 0 Å². The third-order valence-electron chi connectivity index (χ3n) is 3.10. The number of anilines is 1. The van der Waals surface area contributed by atoms with Crippen LogP contribution in [0.15, 0.2) is 24.3 Å². The van der Waals surface area contributed by atoms with Crippen LogP contribution in [0.2, 0.25) is 0 Å². The maximum atomic E-state index is 9.64. The van der Waals surface area contributed by atoms with Crippen molar-refractivity contribution in [2.24, 2.45) is 0 Å². The van der Waals surface area contributed by atoms with Crippen molar-refractivity contribution in [2.45, 2.75) is 25.9 Å². The van der Waals surface area contributed by atoms with Gasteiger partial charge < -0.3 is 20.1 Å². The summed E-state index contributed by atoms with van der Waals surface area (Å²) in [5.41, 5.74) is 0.938. The van der Waals surface area contributed by atoms with Gasteiger partial charge >= 0.3 is 0 Å². The van der Waals surface area contributed by atoms with Gasteiger partial charge in [0.25, 0.3) is 0 Å². The Labute approximate surface area is 119 Å². The predicted molar refractivity (Wildman–Crippen MR) is 80.6 cm³/mol. The number of benzene rings is 1. The normalized spacial score (nSPS) is 19.1. The fourth-order valence-corrected chi connectivity index (χ4v) is 2.43. The van der Waals surface area contributed by atoms with Crippen LogP contribution in [-0.4, -0.2) is 40.9 Å². The van der Waals surface area contributed by atoms with Crippen LogP contribution in [0.4, 0.5) is 5.69 Å². The van der Waals surface area contributed by atoms with Crippen molar-refractivity contribution in [3.8, 4) is 5.75 Å². The molecule has 0 aromatic heterocycles. The van der Waals surface area contributed by atoms with Crippen LogP contribution in [0.1, 0.15) is 19.8 Å². The first kappa shape index (κ1) is 14.1. The lowest BCUT2D eigenvalue weighted by Crippen LogP contribution is -2.44. The van der Waals surface area contributed by atoms with Gasteiger partial charge in [0, 0.05) is 18.8 Å². The number of hydrogen-bond acceptors (Lipinski definition) is 3. The van der Waals surface area contributed by atoms with Crippen LogP contribution in [0.5, 0.6) is 5.75 Å². The van der Waals surface area contributed by atoms with Crippen molar-refractivity contribution in [1.82, 2.24) is 4.90 Å². The largest absolute Gasteiger partial charge is 0.494 e. The van der Waals surface area contributed by atoms with E-state index in [9.17, 15) is 5.11 Å². The van der Waals surface area contributed by atoms with E-state index in [4.69, 9.17) is 17.0 Å². The highest BCUT2D eigenvalue weighted by Gasteiger charge is 2.19.